The molecule has 0 saturated heterocycles. The molecule has 1 atom stereocenters. The predicted octanol–water partition coefficient (Wildman–Crippen LogP) is 3.68. The van der Waals surface area contributed by atoms with Gasteiger partial charge in [-0.1, -0.05) is 60.2 Å². The molecular weight excluding hydrogens is 330 g/mol. The zero-order valence-electron chi connectivity index (χ0n) is 14.8. The molecule has 0 saturated carbocycles. The lowest BCUT2D eigenvalue weighted by Crippen LogP contribution is -2.29. The van der Waals surface area contributed by atoms with E-state index >= 15 is 0 Å². The number of aryl methyl sites for hydroxylation is 1. The number of aliphatic carboxylic acids is 1. The third-order valence-corrected chi connectivity index (χ3v) is 4.14. The largest absolute Gasteiger partial charge is 0.481 e. The van der Waals surface area contributed by atoms with Crippen LogP contribution in [0.3, 0.4) is 0 Å². The quantitative estimate of drug-likeness (QED) is 0.674. The summed E-state index contributed by atoms with van der Waals surface area (Å²) < 4.78 is 0. The summed E-state index contributed by atoms with van der Waals surface area (Å²) in [6.07, 6.45) is 0.456. The van der Waals surface area contributed by atoms with Crippen LogP contribution in [0.1, 0.15) is 53.2 Å². The average molecular weight is 353 g/mol. The molecule has 0 bridgehead atoms. The molecule has 0 fully saturated rings. The van der Waals surface area contributed by atoms with Crippen LogP contribution in [0.25, 0.3) is 0 Å². The number of hydrogen-bond donors (Lipinski definition) is 2. The van der Waals surface area contributed by atoms with Crippen LogP contribution in [0.4, 0.5) is 0 Å². The molecule has 5 nitrogen and oxygen atoms in total. The van der Waals surface area contributed by atoms with E-state index in [1.807, 2.05) is 49.4 Å². The lowest BCUT2D eigenvalue weighted by Gasteiger charge is -2.18. The van der Waals surface area contributed by atoms with Gasteiger partial charge in [-0.3, -0.25) is 14.4 Å². The number of ketones is 1. The fourth-order valence-electron chi connectivity index (χ4n) is 2.65. The predicted molar refractivity (Wildman–Crippen MR) is 98.9 cm³/mol. The molecule has 136 valence electrons. The Morgan fingerprint density at radius 2 is 1.58 bits per heavy atom. The Morgan fingerprint density at radius 1 is 0.923 bits per heavy atom. The van der Waals surface area contributed by atoms with Crippen LogP contribution >= 0.6 is 0 Å². The van der Waals surface area contributed by atoms with Gasteiger partial charge in [0.1, 0.15) is 0 Å². The van der Waals surface area contributed by atoms with Crippen LogP contribution < -0.4 is 5.32 Å². The van der Waals surface area contributed by atoms with Gasteiger partial charge < -0.3 is 10.4 Å². The lowest BCUT2D eigenvalue weighted by molar-refractivity contribution is -0.137. The van der Waals surface area contributed by atoms with Crippen LogP contribution in [0.5, 0.6) is 0 Å². The van der Waals surface area contributed by atoms with Crippen molar-refractivity contribution in [1.82, 2.24) is 5.32 Å². The monoisotopic (exact) mass is 353 g/mol. The number of amides is 1. The normalized spacial score (nSPS) is 11.6. The van der Waals surface area contributed by atoms with Gasteiger partial charge in [-0.15, -0.1) is 0 Å². The smallest absolute Gasteiger partial charge is 0.303 e. The number of carboxylic acid groups (broad SMARTS) is 1. The molecule has 0 radical (unpaired) electrons. The zero-order chi connectivity index (χ0) is 18.9. The summed E-state index contributed by atoms with van der Waals surface area (Å²) in [5, 5.41) is 11.8. The van der Waals surface area contributed by atoms with Gasteiger partial charge in [-0.05, 0) is 18.9 Å². The Balaban J connectivity index is 1.92. The summed E-state index contributed by atoms with van der Waals surface area (Å²) in [4.78, 5) is 35.3. The molecule has 1 unspecified atom stereocenters. The van der Waals surface area contributed by atoms with Crippen molar-refractivity contribution < 1.29 is 19.5 Å². The topological polar surface area (TPSA) is 83.5 Å². The van der Waals surface area contributed by atoms with Gasteiger partial charge in [0.25, 0.3) is 0 Å². The molecule has 0 aliphatic carbocycles. The molecule has 0 heterocycles. The number of carbonyl (C=O) groups excluding carboxylic acids is 2. The van der Waals surface area contributed by atoms with Gasteiger partial charge in [0.05, 0.1) is 6.04 Å². The maximum absolute atomic E-state index is 12.3. The summed E-state index contributed by atoms with van der Waals surface area (Å²) >= 11 is 0. The first kappa shape index (κ1) is 19.4. The molecule has 5 heteroatoms. The van der Waals surface area contributed by atoms with Crippen LogP contribution in [0, 0.1) is 6.92 Å². The van der Waals surface area contributed by atoms with Crippen LogP contribution in [0.2, 0.25) is 0 Å². The molecule has 2 rings (SSSR count). The molecule has 2 N–H and O–H groups in total. The second-order valence-corrected chi connectivity index (χ2v) is 6.25. The van der Waals surface area contributed by atoms with Gasteiger partial charge >= 0.3 is 5.97 Å². The molecule has 26 heavy (non-hydrogen) atoms. The van der Waals surface area contributed by atoms with Crippen LogP contribution in [-0.2, 0) is 9.59 Å². The molecule has 0 spiro atoms. The number of rotatable bonds is 9. The number of Topliss-reactive ketones (excluding diaryl/α,β-unsaturated/α-hetero) is 1. The number of nitrogens with one attached hydrogen (secondary N) is 1. The van der Waals surface area contributed by atoms with Crippen molar-refractivity contribution in [2.75, 3.05) is 0 Å². The number of benzene rings is 2. The van der Waals surface area contributed by atoms with Crippen molar-refractivity contribution in [3.05, 3.63) is 71.3 Å². The summed E-state index contributed by atoms with van der Waals surface area (Å²) in [5.41, 5.74) is 2.52. The molecular formula is C21H23NO4. The van der Waals surface area contributed by atoms with Gasteiger partial charge in [-0.2, -0.15) is 0 Å². The minimum absolute atomic E-state index is 0.0395. The summed E-state index contributed by atoms with van der Waals surface area (Å²) in [6, 6.07) is 16.1. The SMILES string of the molecule is Cc1ccc(C(=O)CCC(=O)NC(CCC(=O)O)c2ccccc2)cc1. The third kappa shape index (κ3) is 6.16. The molecule has 0 aliphatic rings. The van der Waals surface area contributed by atoms with E-state index in [4.69, 9.17) is 5.11 Å². The van der Waals surface area contributed by atoms with Gasteiger partial charge in [0, 0.05) is 24.8 Å². The highest BCUT2D eigenvalue weighted by molar-refractivity contribution is 5.98. The van der Waals surface area contributed by atoms with Crippen LogP contribution in [0.15, 0.2) is 54.6 Å². The molecule has 0 aromatic heterocycles. The van der Waals surface area contributed by atoms with Gasteiger partial charge in [-0.25, -0.2) is 0 Å². The van der Waals surface area contributed by atoms with E-state index in [2.05, 4.69) is 5.32 Å². The van der Waals surface area contributed by atoms with Crippen molar-refractivity contribution in [3.63, 3.8) is 0 Å². The maximum atomic E-state index is 12.3. The van der Waals surface area contributed by atoms with Crippen LogP contribution in [-0.4, -0.2) is 22.8 Å². The highest BCUT2D eigenvalue weighted by Crippen LogP contribution is 2.19. The molecule has 2 aromatic rings. The average Bonchev–Trinajstić information content (AvgIpc) is 2.64. The van der Waals surface area contributed by atoms with E-state index in [-0.39, 0.29) is 37.0 Å². The molecule has 0 aliphatic heterocycles. The van der Waals surface area contributed by atoms with E-state index in [0.717, 1.165) is 11.1 Å². The van der Waals surface area contributed by atoms with Crippen molar-refractivity contribution in [1.29, 1.82) is 0 Å². The Morgan fingerprint density at radius 3 is 2.19 bits per heavy atom. The highest BCUT2D eigenvalue weighted by atomic mass is 16.4. The third-order valence-electron chi connectivity index (χ3n) is 4.14. The first-order chi connectivity index (χ1) is 12.5. The zero-order valence-corrected chi connectivity index (χ0v) is 14.8. The minimum Gasteiger partial charge on any atom is -0.481 e. The highest BCUT2D eigenvalue weighted by Gasteiger charge is 2.17. The second-order valence-electron chi connectivity index (χ2n) is 6.25. The summed E-state index contributed by atoms with van der Waals surface area (Å²) in [6.45, 7) is 1.95. The second kappa shape index (κ2) is 9.51. The molecule has 2 aromatic carbocycles. The fourth-order valence-corrected chi connectivity index (χ4v) is 2.65. The standard InChI is InChI=1S/C21H23NO4/c1-15-7-9-17(10-8-15)19(23)12-13-20(24)22-18(11-14-21(25)26)16-5-3-2-4-6-16/h2-10,18H,11-14H2,1H3,(H,22,24)(H,25,26). The number of carboxylic acids is 1. The van der Waals surface area contributed by atoms with E-state index < -0.39 is 5.97 Å². The van der Waals surface area contributed by atoms with Crippen molar-refractivity contribution in [3.8, 4) is 0 Å². The number of hydrogen-bond acceptors (Lipinski definition) is 3. The van der Waals surface area contributed by atoms with E-state index in [9.17, 15) is 14.4 Å². The molecule has 1 amide bonds. The Bertz CT molecular complexity index is 753. The van der Waals surface area contributed by atoms with Crippen molar-refractivity contribution in [2.45, 2.75) is 38.6 Å². The minimum atomic E-state index is -0.908. The van der Waals surface area contributed by atoms with E-state index in [1.165, 1.54) is 0 Å². The summed E-state index contributed by atoms with van der Waals surface area (Å²) in [5.74, 6) is -1.25. The maximum Gasteiger partial charge on any atom is 0.303 e. The fraction of sp³-hybridized carbons (Fsp3) is 0.286. The van der Waals surface area contributed by atoms with Gasteiger partial charge in [0.2, 0.25) is 5.91 Å². The Hall–Kier alpha value is -2.95. The summed E-state index contributed by atoms with van der Waals surface area (Å²) in [7, 11) is 0. The first-order valence-corrected chi connectivity index (χ1v) is 8.61. The van der Waals surface area contributed by atoms with Crippen molar-refractivity contribution >= 4 is 17.7 Å². The lowest BCUT2D eigenvalue weighted by atomic mass is 10.0. The Kier molecular flexibility index (Phi) is 7.09. The van der Waals surface area contributed by atoms with E-state index in [1.54, 1.807) is 12.1 Å². The van der Waals surface area contributed by atoms with Crippen molar-refractivity contribution in [2.24, 2.45) is 0 Å². The number of carbonyl (C=O) groups is 3. The Labute approximate surface area is 153 Å². The van der Waals surface area contributed by atoms with Gasteiger partial charge in [0.15, 0.2) is 5.78 Å². The first-order valence-electron chi connectivity index (χ1n) is 8.61. The van der Waals surface area contributed by atoms with E-state index in [0.29, 0.717) is 12.0 Å².